The predicted octanol–water partition coefficient (Wildman–Crippen LogP) is 5.96. The van der Waals surface area contributed by atoms with Gasteiger partial charge in [-0.3, -0.25) is 0 Å². The molecule has 156 valence electrons. The van der Waals surface area contributed by atoms with E-state index in [-0.39, 0.29) is 17.7 Å². The number of ether oxygens (including phenoxy) is 2. The first-order valence-electron chi connectivity index (χ1n) is 9.46. The zero-order chi connectivity index (χ0) is 21.3. The number of halogens is 3. The van der Waals surface area contributed by atoms with E-state index in [4.69, 9.17) is 9.47 Å². The van der Waals surface area contributed by atoms with Crippen molar-refractivity contribution in [3.05, 3.63) is 65.7 Å². The van der Waals surface area contributed by atoms with E-state index in [0.717, 1.165) is 12.8 Å². The van der Waals surface area contributed by atoms with Crippen molar-refractivity contribution < 1.29 is 32.2 Å². The molecule has 0 saturated heterocycles. The van der Waals surface area contributed by atoms with Crippen LogP contribution in [0.4, 0.5) is 13.2 Å². The summed E-state index contributed by atoms with van der Waals surface area (Å²) in [4.78, 5) is 24.1. The fourth-order valence-corrected chi connectivity index (χ4v) is 2.64. The van der Waals surface area contributed by atoms with Gasteiger partial charge >= 0.3 is 18.1 Å². The molecular weight excluding hydrogens is 385 g/mol. The first-order chi connectivity index (χ1) is 13.8. The van der Waals surface area contributed by atoms with Crippen LogP contribution in [0.1, 0.15) is 59.7 Å². The van der Waals surface area contributed by atoms with Gasteiger partial charge in [0.15, 0.2) is 6.10 Å². The summed E-state index contributed by atoms with van der Waals surface area (Å²) in [5.74, 6) is -1.48. The van der Waals surface area contributed by atoms with E-state index < -0.39 is 24.2 Å². The van der Waals surface area contributed by atoms with E-state index in [9.17, 15) is 22.8 Å². The largest absolute Gasteiger partial charge is 0.449 e. The van der Waals surface area contributed by atoms with Crippen molar-refractivity contribution in [2.24, 2.45) is 0 Å². The molecule has 0 aromatic heterocycles. The molecule has 0 aliphatic carbocycles. The lowest BCUT2D eigenvalue weighted by Crippen LogP contribution is -2.33. The number of hydrogen-bond donors (Lipinski definition) is 0. The quantitative estimate of drug-likeness (QED) is 0.292. The molecule has 2 rings (SSSR count). The maximum absolute atomic E-state index is 13.1. The van der Waals surface area contributed by atoms with Crippen LogP contribution in [0.5, 0.6) is 5.75 Å². The van der Waals surface area contributed by atoms with E-state index in [0.29, 0.717) is 18.4 Å². The number of carbonyl (C=O) groups excluding carboxylic acids is 2. The lowest BCUT2D eigenvalue weighted by molar-refractivity contribution is -0.206. The maximum atomic E-state index is 13.1. The van der Waals surface area contributed by atoms with Crippen LogP contribution in [-0.4, -0.2) is 24.2 Å². The maximum Gasteiger partial charge on any atom is 0.425 e. The average molecular weight is 408 g/mol. The SMILES string of the molecule is CCCCCCC(OC(=O)c1ccc(OC(=O)c2ccccc2)cc1)C(F)(F)F. The van der Waals surface area contributed by atoms with Gasteiger partial charge in [-0.05, 0) is 49.2 Å². The van der Waals surface area contributed by atoms with Gasteiger partial charge < -0.3 is 9.47 Å². The van der Waals surface area contributed by atoms with Gasteiger partial charge in [-0.25, -0.2) is 9.59 Å². The number of hydrogen-bond acceptors (Lipinski definition) is 4. The van der Waals surface area contributed by atoms with E-state index in [2.05, 4.69) is 0 Å². The van der Waals surface area contributed by atoms with Gasteiger partial charge in [-0.15, -0.1) is 0 Å². The third kappa shape index (κ3) is 7.25. The second-order valence-electron chi connectivity index (χ2n) is 6.56. The van der Waals surface area contributed by atoms with Crippen LogP contribution in [-0.2, 0) is 4.74 Å². The summed E-state index contributed by atoms with van der Waals surface area (Å²) in [6, 6.07) is 13.5. The molecule has 2 aromatic rings. The standard InChI is InChI=1S/C22H23F3O4/c1-2-3-4-8-11-19(22(23,24)25)29-21(27)17-12-14-18(15-13-17)28-20(26)16-9-6-5-7-10-16/h5-7,9-10,12-15,19H,2-4,8,11H2,1H3. The van der Waals surface area contributed by atoms with E-state index in [1.807, 2.05) is 6.92 Å². The van der Waals surface area contributed by atoms with E-state index >= 15 is 0 Å². The molecular formula is C22H23F3O4. The second kappa shape index (κ2) is 10.6. The Bertz CT molecular complexity index is 786. The highest BCUT2D eigenvalue weighted by Gasteiger charge is 2.42. The lowest BCUT2D eigenvalue weighted by atomic mass is 10.1. The zero-order valence-corrected chi connectivity index (χ0v) is 16.1. The third-order valence-corrected chi connectivity index (χ3v) is 4.24. The van der Waals surface area contributed by atoms with E-state index in [1.165, 1.54) is 24.3 Å². The molecule has 1 atom stereocenters. The molecule has 0 radical (unpaired) electrons. The number of esters is 2. The number of benzene rings is 2. The number of rotatable bonds is 9. The number of alkyl halides is 3. The summed E-state index contributed by atoms with van der Waals surface area (Å²) in [6.07, 6.45) is -4.29. The highest BCUT2D eigenvalue weighted by Crippen LogP contribution is 2.28. The van der Waals surface area contributed by atoms with Crippen LogP contribution in [0.3, 0.4) is 0 Å². The van der Waals surface area contributed by atoms with Gasteiger partial charge in [-0.2, -0.15) is 13.2 Å². The molecule has 1 unspecified atom stereocenters. The smallest absolute Gasteiger partial charge is 0.425 e. The first kappa shape index (κ1) is 22.5. The Morgan fingerprint density at radius 3 is 2.07 bits per heavy atom. The van der Waals surface area contributed by atoms with Gasteiger partial charge in [0.05, 0.1) is 11.1 Å². The van der Waals surface area contributed by atoms with Crippen molar-refractivity contribution in [3.63, 3.8) is 0 Å². The normalized spacial score (nSPS) is 12.3. The van der Waals surface area contributed by atoms with Crippen molar-refractivity contribution in [1.82, 2.24) is 0 Å². The molecule has 0 saturated carbocycles. The molecule has 0 amide bonds. The molecule has 0 fully saturated rings. The van der Waals surface area contributed by atoms with Crippen molar-refractivity contribution in [3.8, 4) is 5.75 Å². The average Bonchev–Trinajstić information content (AvgIpc) is 2.70. The van der Waals surface area contributed by atoms with Crippen molar-refractivity contribution >= 4 is 11.9 Å². The molecule has 29 heavy (non-hydrogen) atoms. The van der Waals surface area contributed by atoms with Crippen LogP contribution >= 0.6 is 0 Å². The number of carbonyl (C=O) groups is 2. The topological polar surface area (TPSA) is 52.6 Å². The van der Waals surface area contributed by atoms with Crippen molar-refractivity contribution in [2.45, 2.75) is 51.3 Å². The molecule has 0 heterocycles. The minimum absolute atomic E-state index is 0.0488. The van der Waals surface area contributed by atoms with Gasteiger partial charge in [0, 0.05) is 0 Å². The minimum atomic E-state index is -4.62. The fraction of sp³-hybridized carbons (Fsp3) is 0.364. The molecule has 0 N–H and O–H groups in total. The summed E-state index contributed by atoms with van der Waals surface area (Å²) >= 11 is 0. The molecule has 2 aromatic carbocycles. The monoisotopic (exact) mass is 408 g/mol. The Hall–Kier alpha value is -2.83. The fourth-order valence-electron chi connectivity index (χ4n) is 2.64. The molecule has 0 bridgehead atoms. The Morgan fingerprint density at radius 1 is 0.862 bits per heavy atom. The minimum Gasteiger partial charge on any atom is -0.449 e. The predicted molar refractivity (Wildman–Crippen MR) is 102 cm³/mol. The van der Waals surface area contributed by atoms with Crippen LogP contribution in [0.2, 0.25) is 0 Å². The molecule has 0 spiro atoms. The molecule has 0 aliphatic heterocycles. The molecule has 4 nitrogen and oxygen atoms in total. The summed E-state index contributed by atoms with van der Waals surface area (Å²) in [5.41, 5.74) is 0.305. The Morgan fingerprint density at radius 2 is 1.48 bits per heavy atom. The Kier molecular flexibility index (Phi) is 8.24. The number of unbranched alkanes of at least 4 members (excludes halogenated alkanes) is 3. The summed E-state index contributed by atoms with van der Waals surface area (Å²) in [7, 11) is 0. The van der Waals surface area contributed by atoms with Gasteiger partial charge in [0.2, 0.25) is 0 Å². The lowest BCUT2D eigenvalue weighted by Gasteiger charge is -2.20. The van der Waals surface area contributed by atoms with Gasteiger partial charge in [-0.1, -0.05) is 44.4 Å². The Balaban J connectivity index is 1.96. The van der Waals surface area contributed by atoms with Gasteiger partial charge in [0.25, 0.3) is 0 Å². The zero-order valence-electron chi connectivity index (χ0n) is 16.1. The van der Waals surface area contributed by atoms with Crippen molar-refractivity contribution in [2.75, 3.05) is 0 Å². The van der Waals surface area contributed by atoms with E-state index in [1.54, 1.807) is 30.3 Å². The van der Waals surface area contributed by atoms with Crippen LogP contribution in [0, 0.1) is 0 Å². The summed E-state index contributed by atoms with van der Waals surface area (Å²) in [5, 5.41) is 0. The molecule has 7 heteroatoms. The van der Waals surface area contributed by atoms with Crippen LogP contribution < -0.4 is 4.74 Å². The highest BCUT2D eigenvalue weighted by molar-refractivity contribution is 5.92. The first-order valence-corrected chi connectivity index (χ1v) is 9.46. The third-order valence-electron chi connectivity index (χ3n) is 4.24. The van der Waals surface area contributed by atoms with Crippen molar-refractivity contribution in [1.29, 1.82) is 0 Å². The van der Waals surface area contributed by atoms with Gasteiger partial charge in [0.1, 0.15) is 5.75 Å². The second-order valence-corrected chi connectivity index (χ2v) is 6.56. The summed E-state index contributed by atoms with van der Waals surface area (Å²) < 4.78 is 49.3. The summed E-state index contributed by atoms with van der Waals surface area (Å²) in [6.45, 7) is 1.96. The molecule has 0 aliphatic rings. The highest BCUT2D eigenvalue weighted by atomic mass is 19.4. The van der Waals surface area contributed by atoms with Crippen LogP contribution in [0.25, 0.3) is 0 Å². The van der Waals surface area contributed by atoms with Crippen LogP contribution in [0.15, 0.2) is 54.6 Å². The Labute approximate surface area is 167 Å².